The van der Waals surface area contributed by atoms with E-state index >= 15 is 0 Å². The predicted molar refractivity (Wildman–Crippen MR) is 99.3 cm³/mol. The predicted octanol–water partition coefficient (Wildman–Crippen LogP) is 1.22. The minimum atomic E-state index is -3.58. The third-order valence-electron chi connectivity index (χ3n) is 3.79. The number of urea groups is 1. The second kappa shape index (κ2) is 8.45. The van der Waals surface area contributed by atoms with Gasteiger partial charge in [0, 0.05) is 18.6 Å². The first-order valence-electron chi connectivity index (χ1n) is 8.63. The molecule has 0 fully saturated rings. The molecular weight excluding hydrogens is 356 g/mol. The Balaban J connectivity index is 2.04. The van der Waals surface area contributed by atoms with Crippen molar-refractivity contribution >= 4 is 27.1 Å². The van der Waals surface area contributed by atoms with Gasteiger partial charge in [-0.3, -0.25) is 0 Å². The summed E-state index contributed by atoms with van der Waals surface area (Å²) in [6, 6.07) is 4.38. The van der Waals surface area contributed by atoms with E-state index in [9.17, 15) is 13.2 Å². The molecule has 1 aromatic carbocycles. The monoisotopic (exact) mass is 382 g/mol. The van der Waals surface area contributed by atoms with Gasteiger partial charge in [-0.15, -0.1) is 5.10 Å². The first kappa shape index (κ1) is 20.1. The van der Waals surface area contributed by atoms with E-state index < -0.39 is 10.0 Å². The van der Waals surface area contributed by atoms with Crippen LogP contribution in [0.1, 0.15) is 34.1 Å². The van der Waals surface area contributed by atoms with E-state index in [1.165, 1.54) is 12.1 Å². The molecule has 2 rings (SSSR count). The summed E-state index contributed by atoms with van der Waals surface area (Å²) in [5.41, 5.74) is 1.19. The van der Waals surface area contributed by atoms with Crippen LogP contribution in [0.4, 0.5) is 4.79 Å². The molecule has 0 saturated heterocycles. The molecule has 0 aliphatic carbocycles. The van der Waals surface area contributed by atoms with Gasteiger partial charge < -0.3 is 10.6 Å². The van der Waals surface area contributed by atoms with Crippen molar-refractivity contribution in [3.8, 4) is 0 Å². The third-order valence-corrected chi connectivity index (χ3v) is 5.44. The van der Waals surface area contributed by atoms with Gasteiger partial charge in [0.1, 0.15) is 5.52 Å². The Hall–Kier alpha value is -2.20. The Bertz CT molecular complexity index is 862. The van der Waals surface area contributed by atoms with Crippen molar-refractivity contribution in [2.24, 2.45) is 0 Å². The molecular formula is C16H26N6O3S. The SMILES string of the molecule is CC[C@H](C)NC(=O)NCCn1nnc2cc(S(=O)(=O)NC(C)C)ccc21. The molecule has 0 aliphatic heterocycles. The van der Waals surface area contributed by atoms with Crippen LogP contribution in [0.15, 0.2) is 23.1 Å². The van der Waals surface area contributed by atoms with Crippen LogP contribution in [0, 0.1) is 0 Å². The molecule has 1 aromatic heterocycles. The van der Waals surface area contributed by atoms with Crippen LogP contribution in [-0.2, 0) is 16.6 Å². The number of carbonyl (C=O) groups is 1. The number of carbonyl (C=O) groups excluding carboxylic acids is 1. The molecule has 0 saturated carbocycles. The van der Waals surface area contributed by atoms with Crippen molar-refractivity contribution in [3.63, 3.8) is 0 Å². The molecule has 0 spiro atoms. The van der Waals surface area contributed by atoms with Crippen molar-refractivity contribution in [1.82, 2.24) is 30.3 Å². The van der Waals surface area contributed by atoms with Gasteiger partial charge in [0.25, 0.3) is 0 Å². The van der Waals surface area contributed by atoms with Crippen LogP contribution in [0.2, 0.25) is 0 Å². The van der Waals surface area contributed by atoms with E-state index in [2.05, 4.69) is 25.7 Å². The van der Waals surface area contributed by atoms with E-state index in [0.717, 1.165) is 6.42 Å². The van der Waals surface area contributed by atoms with E-state index in [-0.39, 0.29) is 23.0 Å². The fourth-order valence-corrected chi connectivity index (χ4v) is 3.59. The number of rotatable bonds is 8. The number of benzene rings is 1. The van der Waals surface area contributed by atoms with Gasteiger partial charge in [-0.1, -0.05) is 12.1 Å². The maximum atomic E-state index is 12.2. The highest BCUT2D eigenvalue weighted by Gasteiger charge is 2.17. The zero-order valence-electron chi connectivity index (χ0n) is 15.5. The Labute approximate surface area is 153 Å². The van der Waals surface area contributed by atoms with Crippen molar-refractivity contribution in [2.75, 3.05) is 6.54 Å². The number of fused-ring (bicyclic) bond motifs is 1. The zero-order chi connectivity index (χ0) is 19.3. The van der Waals surface area contributed by atoms with Crippen LogP contribution in [0.5, 0.6) is 0 Å². The molecule has 26 heavy (non-hydrogen) atoms. The number of hydrogen-bond acceptors (Lipinski definition) is 5. The maximum absolute atomic E-state index is 12.2. The highest BCUT2D eigenvalue weighted by molar-refractivity contribution is 7.89. The standard InChI is InChI=1S/C16H26N6O3S/c1-5-12(4)18-16(23)17-8-9-22-15-7-6-13(10-14(15)19-21-22)26(24,25)20-11(2)3/h6-7,10-12,20H,5,8-9H2,1-4H3,(H2,17,18,23)/t12-/m0/s1. The number of aromatic nitrogens is 3. The Morgan fingerprint density at radius 3 is 2.65 bits per heavy atom. The third kappa shape index (κ3) is 5.15. The summed E-state index contributed by atoms with van der Waals surface area (Å²) in [7, 11) is -3.58. The molecule has 0 bridgehead atoms. The zero-order valence-corrected chi connectivity index (χ0v) is 16.3. The summed E-state index contributed by atoms with van der Waals surface area (Å²) in [5, 5.41) is 13.6. The summed E-state index contributed by atoms with van der Waals surface area (Å²) >= 11 is 0. The molecule has 144 valence electrons. The summed E-state index contributed by atoms with van der Waals surface area (Å²) in [6.45, 7) is 8.27. The number of amides is 2. The fraction of sp³-hybridized carbons (Fsp3) is 0.562. The topological polar surface area (TPSA) is 118 Å². The molecule has 0 aliphatic rings. The quantitative estimate of drug-likeness (QED) is 0.634. The summed E-state index contributed by atoms with van der Waals surface area (Å²) < 4.78 is 28.6. The lowest BCUT2D eigenvalue weighted by molar-refractivity contribution is 0.237. The van der Waals surface area contributed by atoms with Gasteiger partial charge in [-0.2, -0.15) is 0 Å². The van der Waals surface area contributed by atoms with Gasteiger partial charge >= 0.3 is 6.03 Å². The minimum Gasteiger partial charge on any atom is -0.336 e. The normalized spacial score (nSPS) is 13.1. The van der Waals surface area contributed by atoms with Gasteiger partial charge in [0.15, 0.2) is 0 Å². The lowest BCUT2D eigenvalue weighted by Gasteiger charge is -2.12. The minimum absolute atomic E-state index is 0.113. The number of sulfonamides is 1. The first-order valence-corrected chi connectivity index (χ1v) is 10.1. The van der Waals surface area contributed by atoms with Crippen LogP contribution in [0.3, 0.4) is 0 Å². The second-order valence-electron chi connectivity index (χ2n) is 6.45. The van der Waals surface area contributed by atoms with E-state index in [4.69, 9.17) is 0 Å². The van der Waals surface area contributed by atoms with E-state index in [1.807, 2.05) is 13.8 Å². The van der Waals surface area contributed by atoms with E-state index in [1.54, 1.807) is 24.6 Å². The molecule has 10 heteroatoms. The smallest absolute Gasteiger partial charge is 0.315 e. The molecule has 2 amide bonds. The van der Waals surface area contributed by atoms with Crippen molar-refractivity contribution in [1.29, 1.82) is 0 Å². The molecule has 9 nitrogen and oxygen atoms in total. The molecule has 2 aromatic rings. The molecule has 1 atom stereocenters. The van der Waals surface area contributed by atoms with E-state index in [0.29, 0.717) is 24.1 Å². The number of nitrogens with zero attached hydrogens (tertiary/aromatic N) is 3. The van der Waals surface area contributed by atoms with Crippen LogP contribution < -0.4 is 15.4 Å². The van der Waals surface area contributed by atoms with Crippen LogP contribution in [-0.4, -0.2) is 48.1 Å². The van der Waals surface area contributed by atoms with Crippen LogP contribution in [0.25, 0.3) is 11.0 Å². The number of hydrogen-bond donors (Lipinski definition) is 3. The largest absolute Gasteiger partial charge is 0.336 e. The molecule has 0 unspecified atom stereocenters. The lowest BCUT2D eigenvalue weighted by atomic mass is 10.3. The van der Waals surface area contributed by atoms with Crippen molar-refractivity contribution in [2.45, 2.75) is 57.6 Å². The van der Waals surface area contributed by atoms with Gasteiger partial charge in [-0.05, 0) is 45.4 Å². The summed E-state index contributed by atoms with van der Waals surface area (Å²) in [6.07, 6.45) is 0.859. The Morgan fingerprint density at radius 2 is 2.00 bits per heavy atom. The van der Waals surface area contributed by atoms with Crippen molar-refractivity contribution < 1.29 is 13.2 Å². The Kier molecular flexibility index (Phi) is 6.54. The molecule has 1 heterocycles. The van der Waals surface area contributed by atoms with Crippen molar-refractivity contribution in [3.05, 3.63) is 18.2 Å². The second-order valence-corrected chi connectivity index (χ2v) is 8.16. The average Bonchev–Trinajstić information content (AvgIpc) is 2.96. The number of nitrogens with one attached hydrogen (secondary N) is 3. The molecule has 0 radical (unpaired) electrons. The molecule has 3 N–H and O–H groups in total. The van der Waals surface area contributed by atoms with Gasteiger partial charge in [-0.25, -0.2) is 22.6 Å². The van der Waals surface area contributed by atoms with Gasteiger partial charge in [0.2, 0.25) is 10.0 Å². The summed E-state index contributed by atoms with van der Waals surface area (Å²) in [4.78, 5) is 11.9. The van der Waals surface area contributed by atoms with Gasteiger partial charge in [0.05, 0.1) is 17.0 Å². The van der Waals surface area contributed by atoms with Crippen LogP contribution >= 0.6 is 0 Å². The maximum Gasteiger partial charge on any atom is 0.315 e. The first-order chi connectivity index (χ1) is 12.2. The highest BCUT2D eigenvalue weighted by Crippen LogP contribution is 2.17. The highest BCUT2D eigenvalue weighted by atomic mass is 32.2. The summed E-state index contributed by atoms with van der Waals surface area (Å²) in [5.74, 6) is 0. The lowest BCUT2D eigenvalue weighted by Crippen LogP contribution is -2.41. The fourth-order valence-electron chi connectivity index (χ4n) is 2.31. The Morgan fingerprint density at radius 1 is 1.27 bits per heavy atom. The average molecular weight is 382 g/mol.